The van der Waals surface area contributed by atoms with E-state index in [1.807, 2.05) is 13.8 Å². The second-order valence-corrected chi connectivity index (χ2v) is 14.8. The van der Waals surface area contributed by atoms with Crippen LogP contribution in [0, 0.1) is 11.3 Å². The van der Waals surface area contributed by atoms with E-state index in [2.05, 4.69) is 10.6 Å². The number of carbonyl (C=O) groups is 2. The van der Waals surface area contributed by atoms with Gasteiger partial charge in [-0.05, 0) is 124 Å². The van der Waals surface area contributed by atoms with E-state index < -0.39 is 51.9 Å². The van der Waals surface area contributed by atoms with Gasteiger partial charge in [0.25, 0.3) is 0 Å². The molecule has 0 aromatic heterocycles. The molecule has 13 heteroatoms. The van der Waals surface area contributed by atoms with Crippen LogP contribution in [0.4, 0.5) is 37.7 Å². The fourth-order valence-corrected chi connectivity index (χ4v) is 5.70. The fraction of sp³-hybridized carbons (Fsp3) is 0.395. The van der Waals surface area contributed by atoms with Crippen LogP contribution in [0.2, 0.25) is 0 Å². The zero-order valence-corrected chi connectivity index (χ0v) is 32.6. The molecular weight excluding hydrogens is 738 g/mol. The van der Waals surface area contributed by atoms with E-state index in [4.69, 9.17) is 14.2 Å². The molecule has 0 heterocycles. The molecule has 56 heavy (non-hydrogen) atoms. The van der Waals surface area contributed by atoms with Crippen molar-refractivity contribution in [1.82, 2.24) is 0 Å². The summed E-state index contributed by atoms with van der Waals surface area (Å²) in [7, 11) is 0. The number of hydrogen-bond donors (Lipinski definition) is 2. The predicted octanol–water partition coefficient (Wildman–Crippen LogP) is 11.9. The molecule has 0 spiro atoms. The lowest BCUT2D eigenvalue weighted by Gasteiger charge is -2.38. The molecule has 0 bridgehead atoms. The van der Waals surface area contributed by atoms with Crippen molar-refractivity contribution in [1.29, 1.82) is 0 Å². The van der Waals surface area contributed by atoms with Crippen molar-refractivity contribution < 1.29 is 50.1 Å². The molecule has 7 nitrogen and oxygen atoms in total. The van der Waals surface area contributed by atoms with Gasteiger partial charge in [0.15, 0.2) is 0 Å². The van der Waals surface area contributed by atoms with Gasteiger partial charge in [0.05, 0.1) is 5.41 Å². The van der Waals surface area contributed by atoms with Crippen LogP contribution in [0.5, 0.6) is 23.0 Å². The minimum absolute atomic E-state index is 0.0992. The van der Waals surface area contributed by atoms with Crippen LogP contribution in [0.1, 0.15) is 79.4 Å². The van der Waals surface area contributed by atoms with E-state index in [1.54, 1.807) is 90.1 Å². The molecular formula is C43H48F6N2O5. The average Bonchev–Trinajstić information content (AvgIpc) is 3.13. The summed E-state index contributed by atoms with van der Waals surface area (Å²) in [5.74, 6) is -0.0256. The molecule has 302 valence electrons. The maximum absolute atomic E-state index is 14.8. The number of alkyl halides is 6. The standard InChI is InChI=1S/C43H48F6N2O5/c1-9-40(8,10-2)56-36-21-13-30(14-22-36)41(42(44,45)46,43(47,48)49)29-11-19-35(20-12-29)55-38(53)39(6,7)28(5)50-31-15-23-33(24-16-31)54-34-25-17-32(18-26-34)51-37(52)27(3)4/h11-28,50H,9-10H2,1-8H3,(H,51,52). The quantitative estimate of drug-likeness (QED) is 0.0709. The smallest absolute Gasteiger partial charge is 0.411 e. The first kappa shape index (κ1) is 43.5. The Bertz CT molecular complexity index is 1900. The van der Waals surface area contributed by atoms with Crippen LogP contribution in [0.15, 0.2) is 97.1 Å². The van der Waals surface area contributed by atoms with Crippen molar-refractivity contribution in [2.24, 2.45) is 11.3 Å². The van der Waals surface area contributed by atoms with Crippen molar-refractivity contribution in [3.05, 3.63) is 108 Å². The van der Waals surface area contributed by atoms with Gasteiger partial charge in [-0.1, -0.05) is 52.0 Å². The molecule has 2 N–H and O–H groups in total. The third-order valence-electron chi connectivity index (χ3n) is 10.2. The Hall–Kier alpha value is -5.20. The second kappa shape index (κ2) is 16.9. The van der Waals surface area contributed by atoms with Gasteiger partial charge < -0.3 is 24.8 Å². The highest BCUT2D eigenvalue weighted by Gasteiger charge is 2.72. The van der Waals surface area contributed by atoms with Gasteiger partial charge >= 0.3 is 18.3 Å². The summed E-state index contributed by atoms with van der Waals surface area (Å²) in [5, 5.41) is 6.03. The number of benzene rings is 4. The molecule has 0 fully saturated rings. The normalized spacial score (nSPS) is 13.2. The van der Waals surface area contributed by atoms with Crippen LogP contribution in [-0.4, -0.2) is 35.9 Å². The first-order chi connectivity index (χ1) is 26.1. The number of rotatable bonds is 15. The molecule has 4 aromatic carbocycles. The number of hydrogen-bond acceptors (Lipinski definition) is 6. The Kier molecular flexibility index (Phi) is 13.1. The van der Waals surface area contributed by atoms with E-state index in [1.165, 1.54) is 0 Å². The summed E-state index contributed by atoms with van der Waals surface area (Å²) in [6, 6.07) is 20.3. The molecule has 4 aromatic rings. The second-order valence-electron chi connectivity index (χ2n) is 14.8. The lowest BCUT2D eigenvalue weighted by atomic mass is 9.73. The molecule has 1 atom stereocenters. The van der Waals surface area contributed by atoms with Gasteiger partial charge in [0, 0.05) is 23.3 Å². The largest absolute Gasteiger partial charge is 0.488 e. The highest BCUT2D eigenvalue weighted by Crippen LogP contribution is 2.56. The average molecular weight is 787 g/mol. The Morgan fingerprint density at radius 2 is 1.02 bits per heavy atom. The van der Waals surface area contributed by atoms with Crippen LogP contribution in [0.3, 0.4) is 0 Å². The summed E-state index contributed by atoms with van der Waals surface area (Å²) in [6.07, 6.45) is -10.4. The van der Waals surface area contributed by atoms with E-state index in [0.29, 0.717) is 47.8 Å². The number of halogens is 6. The predicted molar refractivity (Wildman–Crippen MR) is 204 cm³/mol. The zero-order valence-electron chi connectivity index (χ0n) is 32.6. The number of amides is 1. The highest BCUT2D eigenvalue weighted by atomic mass is 19.4. The van der Waals surface area contributed by atoms with Crippen LogP contribution < -0.4 is 24.8 Å². The van der Waals surface area contributed by atoms with E-state index in [0.717, 1.165) is 36.4 Å². The van der Waals surface area contributed by atoms with Crippen LogP contribution in [0.25, 0.3) is 0 Å². The lowest BCUT2D eigenvalue weighted by molar-refractivity contribution is -0.288. The molecule has 1 unspecified atom stereocenters. The number of anilines is 2. The number of carbonyl (C=O) groups excluding carboxylic acids is 2. The minimum Gasteiger partial charge on any atom is -0.488 e. The van der Waals surface area contributed by atoms with Crippen molar-refractivity contribution >= 4 is 23.3 Å². The van der Waals surface area contributed by atoms with Gasteiger partial charge in [-0.2, -0.15) is 26.3 Å². The number of ether oxygens (including phenoxy) is 3. The maximum atomic E-state index is 14.8. The Labute approximate surface area is 323 Å². The summed E-state index contributed by atoms with van der Waals surface area (Å²) >= 11 is 0. The molecule has 0 saturated heterocycles. The molecule has 1 amide bonds. The zero-order chi connectivity index (χ0) is 41.7. The van der Waals surface area contributed by atoms with Gasteiger partial charge in [0.1, 0.15) is 28.6 Å². The minimum atomic E-state index is -5.79. The van der Waals surface area contributed by atoms with Crippen LogP contribution >= 0.6 is 0 Å². The fourth-order valence-electron chi connectivity index (χ4n) is 5.70. The van der Waals surface area contributed by atoms with Crippen molar-refractivity contribution in [3.8, 4) is 23.0 Å². The Balaban J connectivity index is 1.46. The van der Waals surface area contributed by atoms with Crippen molar-refractivity contribution in [2.75, 3.05) is 10.6 Å². The molecule has 4 rings (SSSR count). The topological polar surface area (TPSA) is 85.9 Å². The van der Waals surface area contributed by atoms with Crippen molar-refractivity contribution in [3.63, 3.8) is 0 Å². The summed E-state index contributed by atoms with van der Waals surface area (Å²) in [5.41, 5.74) is -7.08. The van der Waals surface area contributed by atoms with Gasteiger partial charge in [-0.3, -0.25) is 9.59 Å². The third kappa shape index (κ3) is 9.59. The highest BCUT2D eigenvalue weighted by molar-refractivity contribution is 5.92. The number of esters is 1. The Morgan fingerprint density at radius 1 is 0.607 bits per heavy atom. The summed E-state index contributed by atoms with van der Waals surface area (Å²) in [4.78, 5) is 25.3. The molecule has 0 aliphatic carbocycles. The SMILES string of the molecule is CCC(C)(CC)Oc1ccc(C(c2ccc(OC(=O)C(C)(C)C(C)Nc3ccc(Oc4ccc(NC(=O)C(C)C)cc4)cc3)cc2)(C(F)(F)F)C(F)(F)F)cc1. The maximum Gasteiger partial charge on any atom is 0.411 e. The molecule has 0 aliphatic heterocycles. The molecule has 0 aliphatic rings. The van der Waals surface area contributed by atoms with E-state index in [9.17, 15) is 35.9 Å². The first-order valence-corrected chi connectivity index (χ1v) is 18.3. The third-order valence-corrected chi connectivity index (χ3v) is 10.2. The monoisotopic (exact) mass is 786 g/mol. The van der Waals surface area contributed by atoms with Crippen molar-refractivity contribution in [2.45, 2.75) is 97.6 Å². The number of nitrogens with one attached hydrogen (secondary N) is 2. The van der Waals surface area contributed by atoms with Gasteiger partial charge in [-0.25, -0.2) is 0 Å². The van der Waals surface area contributed by atoms with E-state index in [-0.39, 0.29) is 23.3 Å². The first-order valence-electron chi connectivity index (χ1n) is 18.3. The summed E-state index contributed by atoms with van der Waals surface area (Å²) in [6.45, 7) is 14.1. The lowest BCUT2D eigenvalue weighted by Crippen LogP contribution is -2.54. The van der Waals surface area contributed by atoms with Gasteiger partial charge in [-0.15, -0.1) is 0 Å². The summed E-state index contributed by atoms with van der Waals surface area (Å²) < 4.78 is 106. The molecule has 0 radical (unpaired) electrons. The van der Waals surface area contributed by atoms with Crippen LogP contribution in [-0.2, 0) is 15.0 Å². The van der Waals surface area contributed by atoms with Gasteiger partial charge in [0.2, 0.25) is 11.3 Å². The Morgan fingerprint density at radius 3 is 1.43 bits per heavy atom. The molecule has 0 saturated carbocycles. The van der Waals surface area contributed by atoms with E-state index >= 15 is 0 Å².